The van der Waals surface area contributed by atoms with Crippen LogP contribution >= 0.6 is 11.6 Å². The molecule has 2 aromatic rings. The van der Waals surface area contributed by atoms with Gasteiger partial charge in [-0.25, -0.2) is 4.98 Å². The van der Waals surface area contributed by atoms with Crippen LogP contribution in [0.4, 0.5) is 5.82 Å². The summed E-state index contributed by atoms with van der Waals surface area (Å²) in [6, 6.07) is 9.34. The Morgan fingerprint density at radius 2 is 1.74 bits per heavy atom. The number of nitrogens with two attached hydrogens (primary N) is 1. The summed E-state index contributed by atoms with van der Waals surface area (Å²) in [6.07, 6.45) is 1.51. The van der Waals surface area contributed by atoms with E-state index in [-0.39, 0.29) is 4.90 Å². The van der Waals surface area contributed by atoms with Crippen molar-refractivity contribution in [2.45, 2.75) is 11.8 Å². The van der Waals surface area contributed by atoms with E-state index in [0.717, 1.165) is 5.56 Å². The molecule has 1 aromatic carbocycles. The fourth-order valence-corrected chi connectivity index (χ4v) is 1.69. The van der Waals surface area contributed by atoms with Gasteiger partial charge < -0.3 is 5.73 Å². The second-order valence-electron chi connectivity index (χ2n) is 3.69. The summed E-state index contributed by atoms with van der Waals surface area (Å²) in [6.45, 7) is 1.84. The van der Waals surface area contributed by atoms with Crippen molar-refractivity contribution in [3.63, 3.8) is 0 Å². The predicted octanol–water partition coefficient (Wildman–Crippen LogP) is 2.56. The summed E-state index contributed by atoms with van der Waals surface area (Å²) in [5.74, 6) is 0.495. The molecule has 1 heterocycles. The third kappa shape index (κ3) is 5.69. The Bertz CT molecular complexity index is 604. The van der Waals surface area contributed by atoms with E-state index < -0.39 is 10.1 Å². The quantitative estimate of drug-likeness (QED) is 0.789. The van der Waals surface area contributed by atoms with Crippen LogP contribution in [-0.4, -0.2) is 18.0 Å². The fourth-order valence-electron chi connectivity index (χ4n) is 1.10. The number of benzene rings is 1. The Hall–Kier alpha value is -1.63. The molecule has 0 radical (unpaired) electrons. The molecular formula is C12H13ClN2O3S. The summed E-state index contributed by atoms with van der Waals surface area (Å²) in [4.78, 5) is 3.66. The van der Waals surface area contributed by atoms with Gasteiger partial charge in [-0.1, -0.05) is 29.3 Å². The summed E-state index contributed by atoms with van der Waals surface area (Å²) >= 11 is 5.49. The van der Waals surface area contributed by atoms with Crippen LogP contribution in [0.15, 0.2) is 47.5 Å². The highest BCUT2D eigenvalue weighted by Crippen LogP contribution is 2.08. The zero-order chi connectivity index (χ0) is 14.5. The number of rotatable bonds is 1. The lowest BCUT2D eigenvalue weighted by Gasteiger charge is -1.95. The van der Waals surface area contributed by atoms with Gasteiger partial charge in [0.1, 0.15) is 5.82 Å². The van der Waals surface area contributed by atoms with Gasteiger partial charge in [-0.2, -0.15) is 8.42 Å². The van der Waals surface area contributed by atoms with Crippen LogP contribution in [0.2, 0.25) is 5.02 Å². The standard InChI is InChI=1S/C7H8O3S.C5H5ClN2/c1-6-2-4-7(5-3-6)11(8,9)10;6-4-1-2-5(7)8-3-4/h2-5H,1H3,(H,8,9,10);1-3H,(H2,7,8). The number of hydrogen-bond acceptors (Lipinski definition) is 4. The van der Waals surface area contributed by atoms with Gasteiger partial charge in [0.2, 0.25) is 0 Å². The number of nitrogen functional groups attached to an aromatic ring is 1. The maximum absolute atomic E-state index is 10.5. The van der Waals surface area contributed by atoms with Crippen LogP contribution in [-0.2, 0) is 10.1 Å². The van der Waals surface area contributed by atoms with Crippen LogP contribution in [0.3, 0.4) is 0 Å². The lowest BCUT2D eigenvalue weighted by atomic mass is 10.2. The van der Waals surface area contributed by atoms with E-state index in [4.69, 9.17) is 21.9 Å². The van der Waals surface area contributed by atoms with Crippen LogP contribution < -0.4 is 5.73 Å². The molecule has 0 aliphatic heterocycles. The largest absolute Gasteiger partial charge is 0.384 e. The summed E-state index contributed by atoms with van der Waals surface area (Å²) in [5.41, 5.74) is 6.21. The Labute approximate surface area is 116 Å². The average Bonchev–Trinajstić information content (AvgIpc) is 2.33. The molecule has 3 N–H and O–H groups in total. The molecule has 0 atom stereocenters. The number of hydrogen-bond donors (Lipinski definition) is 2. The van der Waals surface area contributed by atoms with Gasteiger partial charge in [-0.3, -0.25) is 4.55 Å². The number of aromatic nitrogens is 1. The average molecular weight is 301 g/mol. The van der Waals surface area contributed by atoms with Gasteiger partial charge in [0, 0.05) is 6.20 Å². The second-order valence-corrected chi connectivity index (χ2v) is 5.55. The number of aryl methyl sites for hydroxylation is 1. The first kappa shape index (κ1) is 15.4. The monoisotopic (exact) mass is 300 g/mol. The molecule has 1 aromatic heterocycles. The summed E-state index contributed by atoms with van der Waals surface area (Å²) in [5, 5.41) is 0.610. The van der Waals surface area contributed by atoms with Crippen molar-refractivity contribution in [1.82, 2.24) is 4.98 Å². The number of pyridine rings is 1. The lowest BCUT2D eigenvalue weighted by molar-refractivity contribution is 0.483. The van der Waals surface area contributed by atoms with Crippen LogP contribution in [0, 0.1) is 6.92 Å². The third-order valence-electron chi connectivity index (χ3n) is 2.07. The minimum absolute atomic E-state index is 0.0666. The van der Waals surface area contributed by atoms with Gasteiger partial charge in [0.15, 0.2) is 0 Å². The van der Waals surface area contributed by atoms with Crippen molar-refractivity contribution in [3.05, 3.63) is 53.2 Å². The molecule has 0 bridgehead atoms. The highest BCUT2D eigenvalue weighted by atomic mass is 35.5. The van der Waals surface area contributed by atoms with Crippen molar-refractivity contribution in [3.8, 4) is 0 Å². The topological polar surface area (TPSA) is 93.3 Å². The van der Waals surface area contributed by atoms with Crippen molar-refractivity contribution in [2.75, 3.05) is 5.73 Å². The minimum Gasteiger partial charge on any atom is -0.384 e. The van der Waals surface area contributed by atoms with E-state index >= 15 is 0 Å². The Balaban J connectivity index is 0.000000200. The van der Waals surface area contributed by atoms with E-state index in [1.165, 1.54) is 18.3 Å². The highest BCUT2D eigenvalue weighted by molar-refractivity contribution is 7.85. The molecule has 0 aliphatic carbocycles. The number of anilines is 1. The maximum Gasteiger partial charge on any atom is 0.294 e. The van der Waals surface area contributed by atoms with Crippen molar-refractivity contribution < 1.29 is 13.0 Å². The van der Waals surface area contributed by atoms with Gasteiger partial charge in [-0.15, -0.1) is 0 Å². The van der Waals surface area contributed by atoms with Gasteiger partial charge in [-0.05, 0) is 31.2 Å². The molecule has 0 saturated heterocycles. The zero-order valence-corrected chi connectivity index (χ0v) is 11.7. The first-order valence-corrected chi connectivity index (χ1v) is 7.02. The maximum atomic E-state index is 10.5. The molecule has 7 heteroatoms. The molecule has 102 valence electrons. The molecular weight excluding hydrogens is 288 g/mol. The molecule has 2 rings (SSSR count). The molecule has 0 aliphatic rings. The molecule has 0 fully saturated rings. The smallest absolute Gasteiger partial charge is 0.294 e. The second kappa shape index (κ2) is 6.51. The molecule has 0 unspecified atom stereocenters. The SMILES string of the molecule is Cc1ccc(S(=O)(=O)O)cc1.Nc1ccc(Cl)cn1. The minimum atomic E-state index is -4.02. The zero-order valence-electron chi connectivity index (χ0n) is 10.1. The van der Waals surface area contributed by atoms with E-state index in [1.807, 2.05) is 6.92 Å². The molecule has 0 saturated carbocycles. The summed E-state index contributed by atoms with van der Waals surface area (Å²) < 4.78 is 29.6. The van der Waals surface area contributed by atoms with Gasteiger partial charge >= 0.3 is 0 Å². The Morgan fingerprint density at radius 1 is 1.16 bits per heavy atom. The van der Waals surface area contributed by atoms with E-state index in [2.05, 4.69) is 4.98 Å². The van der Waals surface area contributed by atoms with Crippen LogP contribution in [0.5, 0.6) is 0 Å². The van der Waals surface area contributed by atoms with Crippen molar-refractivity contribution in [1.29, 1.82) is 0 Å². The van der Waals surface area contributed by atoms with Crippen LogP contribution in [0.25, 0.3) is 0 Å². The molecule has 19 heavy (non-hydrogen) atoms. The normalized spacial score (nSPS) is 10.5. The van der Waals surface area contributed by atoms with Crippen molar-refractivity contribution in [2.24, 2.45) is 0 Å². The third-order valence-corrected chi connectivity index (χ3v) is 3.16. The van der Waals surface area contributed by atoms with Gasteiger partial charge in [0.25, 0.3) is 10.1 Å². The Morgan fingerprint density at radius 3 is 2.11 bits per heavy atom. The van der Waals surface area contributed by atoms with E-state index in [0.29, 0.717) is 10.8 Å². The van der Waals surface area contributed by atoms with Crippen molar-refractivity contribution >= 4 is 27.5 Å². The molecule has 5 nitrogen and oxygen atoms in total. The Kier molecular flexibility index (Phi) is 5.29. The fraction of sp³-hybridized carbons (Fsp3) is 0.0833. The van der Waals surface area contributed by atoms with Crippen LogP contribution in [0.1, 0.15) is 5.56 Å². The number of nitrogens with zero attached hydrogens (tertiary/aromatic N) is 1. The molecule has 0 amide bonds. The first-order valence-electron chi connectivity index (χ1n) is 5.20. The first-order chi connectivity index (χ1) is 8.79. The lowest BCUT2D eigenvalue weighted by Crippen LogP contribution is -1.96. The highest BCUT2D eigenvalue weighted by Gasteiger charge is 2.06. The molecule has 0 spiro atoms. The van der Waals surface area contributed by atoms with E-state index in [9.17, 15) is 8.42 Å². The summed E-state index contributed by atoms with van der Waals surface area (Å²) in [7, 11) is -4.02. The van der Waals surface area contributed by atoms with Gasteiger partial charge in [0.05, 0.1) is 9.92 Å². The van der Waals surface area contributed by atoms with E-state index in [1.54, 1.807) is 24.3 Å². The predicted molar refractivity (Wildman–Crippen MR) is 74.7 cm³/mol. The number of halogens is 1.